The summed E-state index contributed by atoms with van der Waals surface area (Å²) < 4.78 is 5.10. The van der Waals surface area contributed by atoms with Crippen LogP contribution in [0, 0.1) is 0 Å². The zero-order chi connectivity index (χ0) is 14.4. The Balaban J connectivity index is 1.91. The van der Waals surface area contributed by atoms with Gasteiger partial charge in [0.25, 0.3) is 0 Å². The molecule has 2 heterocycles. The first-order valence-electron chi connectivity index (χ1n) is 6.33. The molecule has 2 atom stereocenters. The second-order valence-electron chi connectivity index (χ2n) is 4.40. The molecule has 108 valence electrons. The SMILES string of the molecule is C=CCOC(=O)N1C[C@@H](S)C[C@H]1CSc1ncccn1. The number of thioether (sulfide) groups is 1. The average molecular weight is 311 g/mol. The number of ether oxygens (including phenoxy) is 1. The fourth-order valence-electron chi connectivity index (χ4n) is 2.02. The van der Waals surface area contributed by atoms with E-state index in [-0.39, 0.29) is 24.0 Å². The summed E-state index contributed by atoms with van der Waals surface area (Å²) in [6, 6.07) is 1.88. The molecule has 0 N–H and O–H groups in total. The molecule has 0 bridgehead atoms. The molecule has 1 amide bonds. The van der Waals surface area contributed by atoms with Gasteiger partial charge in [0, 0.05) is 36.0 Å². The van der Waals surface area contributed by atoms with E-state index in [0.717, 1.165) is 17.3 Å². The van der Waals surface area contributed by atoms with Gasteiger partial charge in [-0.3, -0.25) is 0 Å². The van der Waals surface area contributed by atoms with Crippen molar-refractivity contribution < 1.29 is 9.53 Å². The molecule has 1 fully saturated rings. The Hall–Kier alpha value is -1.21. The van der Waals surface area contributed by atoms with Crippen LogP contribution in [0.25, 0.3) is 0 Å². The minimum atomic E-state index is -0.305. The van der Waals surface area contributed by atoms with E-state index in [1.54, 1.807) is 29.4 Å². The van der Waals surface area contributed by atoms with Crippen LogP contribution < -0.4 is 0 Å². The molecule has 0 radical (unpaired) electrons. The molecule has 1 saturated heterocycles. The standard InChI is InChI=1S/C13H17N3O2S2/c1-2-6-18-13(17)16-8-11(19)7-10(16)9-20-12-14-4-3-5-15-12/h2-5,10-11,19H,1,6-9H2/t10-,11-/m0/s1. The monoisotopic (exact) mass is 311 g/mol. The third-order valence-electron chi connectivity index (χ3n) is 2.90. The number of carbonyl (C=O) groups excluding carboxylic acids is 1. The predicted octanol–water partition coefficient (Wildman–Crippen LogP) is 2.26. The number of rotatable bonds is 5. The van der Waals surface area contributed by atoms with Crippen LogP contribution in [0.15, 0.2) is 36.3 Å². The van der Waals surface area contributed by atoms with Crippen molar-refractivity contribution in [3.05, 3.63) is 31.1 Å². The van der Waals surface area contributed by atoms with Crippen LogP contribution in [-0.4, -0.2) is 51.2 Å². The second-order valence-corrected chi connectivity index (χ2v) is 6.12. The van der Waals surface area contributed by atoms with E-state index >= 15 is 0 Å². The Bertz CT molecular complexity index is 458. The molecule has 1 aliphatic rings. The highest BCUT2D eigenvalue weighted by Crippen LogP contribution is 2.27. The first-order chi connectivity index (χ1) is 9.70. The van der Waals surface area contributed by atoms with Crippen LogP contribution in [0.5, 0.6) is 0 Å². The molecule has 0 spiro atoms. The fourth-order valence-corrected chi connectivity index (χ4v) is 3.36. The summed E-state index contributed by atoms with van der Waals surface area (Å²) in [5, 5.41) is 0.906. The predicted molar refractivity (Wildman–Crippen MR) is 82.2 cm³/mol. The minimum Gasteiger partial charge on any atom is -0.445 e. The van der Waals surface area contributed by atoms with Crippen molar-refractivity contribution in [3.8, 4) is 0 Å². The number of nitrogens with zero attached hydrogens (tertiary/aromatic N) is 3. The largest absolute Gasteiger partial charge is 0.445 e. The van der Waals surface area contributed by atoms with Gasteiger partial charge in [-0.15, -0.1) is 0 Å². The van der Waals surface area contributed by atoms with E-state index in [2.05, 4.69) is 29.2 Å². The van der Waals surface area contributed by atoms with Gasteiger partial charge in [0.2, 0.25) is 0 Å². The average Bonchev–Trinajstić information content (AvgIpc) is 2.85. The number of carbonyl (C=O) groups is 1. The Morgan fingerprint density at radius 3 is 3.05 bits per heavy atom. The van der Waals surface area contributed by atoms with Gasteiger partial charge < -0.3 is 9.64 Å². The molecule has 1 aliphatic heterocycles. The third kappa shape index (κ3) is 4.14. The van der Waals surface area contributed by atoms with E-state index in [1.165, 1.54) is 11.8 Å². The van der Waals surface area contributed by atoms with Crippen LogP contribution in [-0.2, 0) is 4.74 Å². The van der Waals surface area contributed by atoms with E-state index in [4.69, 9.17) is 4.74 Å². The molecule has 7 heteroatoms. The molecule has 1 aromatic rings. The molecule has 0 aromatic carbocycles. The molecule has 5 nitrogen and oxygen atoms in total. The topological polar surface area (TPSA) is 55.3 Å². The fraction of sp³-hybridized carbons (Fsp3) is 0.462. The van der Waals surface area contributed by atoms with E-state index in [0.29, 0.717) is 6.54 Å². The Morgan fingerprint density at radius 1 is 1.60 bits per heavy atom. The lowest BCUT2D eigenvalue weighted by molar-refractivity contribution is 0.111. The molecule has 0 unspecified atom stereocenters. The first kappa shape index (κ1) is 15.2. The maximum absolute atomic E-state index is 12.0. The van der Waals surface area contributed by atoms with E-state index < -0.39 is 0 Å². The number of likely N-dealkylation sites (tertiary alicyclic amines) is 1. The van der Waals surface area contributed by atoms with Crippen LogP contribution in [0.4, 0.5) is 4.79 Å². The maximum Gasteiger partial charge on any atom is 0.410 e. The van der Waals surface area contributed by atoms with Crippen molar-refractivity contribution in [3.63, 3.8) is 0 Å². The van der Waals surface area contributed by atoms with Crippen molar-refractivity contribution in [2.24, 2.45) is 0 Å². The van der Waals surface area contributed by atoms with Crippen molar-refractivity contribution >= 4 is 30.5 Å². The molecule has 1 aromatic heterocycles. The molecule has 0 aliphatic carbocycles. The minimum absolute atomic E-state index is 0.101. The summed E-state index contributed by atoms with van der Waals surface area (Å²) in [7, 11) is 0. The van der Waals surface area contributed by atoms with E-state index in [1.807, 2.05) is 0 Å². The van der Waals surface area contributed by atoms with Crippen LogP contribution >= 0.6 is 24.4 Å². The van der Waals surface area contributed by atoms with Gasteiger partial charge in [-0.25, -0.2) is 14.8 Å². The number of amides is 1. The lowest BCUT2D eigenvalue weighted by Crippen LogP contribution is -2.37. The summed E-state index contributed by atoms with van der Waals surface area (Å²) in [5.74, 6) is 0.740. The zero-order valence-electron chi connectivity index (χ0n) is 11.0. The van der Waals surface area contributed by atoms with Crippen LogP contribution in [0.1, 0.15) is 6.42 Å². The molecule has 20 heavy (non-hydrogen) atoms. The van der Waals surface area contributed by atoms with Gasteiger partial charge in [0.15, 0.2) is 5.16 Å². The molecule has 0 saturated carbocycles. The lowest BCUT2D eigenvalue weighted by Gasteiger charge is -2.23. The highest BCUT2D eigenvalue weighted by atomic mass is 32.2. The second kappa shape index (κ2) is 7.54. The summed E-state index contributed by atoms with van der Waals surface area (Å²) in [6.07, 6.45) is 5.53. The first-order valence-corrected chi connectivity index (χ1v) is 7.83. The van der Waals surface area contributed by atoms with Gasteiger partial charge in [0.1, 0.15) is 6.61 Å². The van der Waals surface area contributed by atoms with Crippen molar-refractivity contribution in [2.45, 2.75) is 22.9 Å². The highest BCUT2D eigenvalue weighted by Gasteiger charge is 2.34. The summed E-state index contributed by atoms with van der Waals surface area (Å²) in [4.78, 5) is 22.0. The number of hydrogen-bond donors (Lipinski definition) is 1. The van der Waals surface area contributed by atoms with Crippen molar-refractivity contribution in [1.29, 1.82) is 0 Å². The molecular formula is C13H17N3O2S2. The molecule has 2 rings (SSSR count). The number of thiol groups is 1. The summed E-state index contributed by atoms with van der Waals surface area (Å²) in [6.45, 7) is 4.38. The smallest absolute Gasteiger partial charge is 0.410 e. The Labute approximate surface area is 128 Å². The van der Waals surface area contributed by atoms with Gasteiger partial charge in [-0.05, 0) is 12.5 Å². The van der Waals surface area contributed by atoms with Gasteiger partial charge in [0.05, 0.1) is 0 Å². The Kier molecular flexibility index (Phi) is 5.72. The number of aromatic nitrogens is 2. The Morgan fingerprint density at radius 2 is 2.35 bits per heavy atom. The van der Waals surface area contributed by atoms with Crippen molar-refractivity contribution in [2.75, 3.05) is 18.9 Å². The van der Waals surface area contributed by atoms with Crippen LogP contribution in [0.3, 0.4) is 0 Å². The van der Waals surface area contributed by atoms with Crippen molar-refractivity contribution in [1.82, 2.24) is 14.9 Å². The van der Waals surface area contributed by atoms with E-state index in [9.17, 15) is 4.79 Å². The highest BCUT2D eigenvalue weighted by molar-refractivity contribution is 7.99. The zero-order valence-corrected chi connectivity index (χ0v) is 12.7. The lowest BCUT2D eigenvalue weighted by atomic mass is 10.2. The van der Waals surface area contributed by atoms with Gasteiger partial charge in [-0.1, -0.05) is 24.4 Å². The quantitative estimate of drug-likeness (QED) is 0.391. The van der Waals surface area contributed by atoms with Gasteiger partial charge in [-0.2, -0.15) is 12.6 Å². The normalized spacial score (nSPS) is 21.8. The summed E-state index contributed by atoms with van der Waals surface area (Å²) in [5.41, 5.74) is 0. The molecular weight excluding hydrogens is 294 g/mol. The van der Waals surface area contributed by atoms with Gasteiger partial charge >= 0.3 is 6.09 Å². The summed E-state index contributed by atoms with van der Waals surface area (Å²) >= 11 is 6.01. The maximum atomic E-state index is 12.0. The van der Waals surface area contributed by atoms with Crippen LogP contribution in [0.2, 0.25) is 0 Å². The third-order valence-corrected chi connectivity index (χ3v) is 4.29. The number of hydrogen-bond acceptors (Lipinski definition) is 6.